The van der Waals surface area contributed by atoms with Gasteiger partial charge in [0.25, 0.3) is 0 Å². The van der Waals surface area contributed by atoms with Crippen LogP contribution in [0.3, 0.4) is 0 Å². The Morgan fingerprint density at radius 3 is 2.80 bits per heavy atom. The first-order chi connectivity index (χ1) is 7.25. The maximum absolute atomic E-state index is 12.6. The summed E-state index contributed by atoms with van der Waals surface area (Å²) in [6.45, 7) is 1.43. The van der Waals surface area contributed by atoms with E-state index in [0.29, 0.717) is 5.82 Å². The molecule has 0 saturated carbocycles. The number of thiophene rings is 1. The zero-order chi connectivity index (χ0) is 10.7. The highest BCUT2D eigenvalue weighted by molar-refractivity contribution is 7.13. The number of rotatable bonds is 2. The molecule has 0 amide bonds. The van der Waals surface area contributed by atoms with Crippen molar-refractivity contribution in [1.82, 2.24) is 9.97 Å². The Hall–Kier alpha value is -1.55. The molecule has 15 heavy (non-hydrogen) atoms. The van der Waals surface area contributed by atoms with E-state index in [1.54, 1.807) is 18.5 Å². The molecule has 0 aliphatic rings. The third kappa shape index (κ3) is 2.47. The van der Waals surface area contributed by atoms with Crippen molar-refractivity contribution in [3.8, 4) is 10.7 Å². The van der Waals surface area contributed by atoms with Crippen LogP contribution < -0.4 is 0 Å². The molecule has 0 bridgehead atoms. The van der Waals surface area contributed by atoms with Crippen molar-refractivity contribution >= 4 is 17.4 Å². The predicted octanol–water partition coefficient (Wildman–Crippen LogP) is 3.54. The second-order valence-corrected chi connectivity index (χ2v) is 3.96. The van der Waals surface area contributed by atoms with Gasteiger partial charge in [-0.3, -0.25) is 0 Å². The number of halogens is 1. The fraction of sp³-hybridized carbons (Fsp3) is 0.0909. The number of allylic oxidation sites excluding steroid dienone is 1. The van der Waals surface area contributed by atoms with Gasteiger partial charge in [0.15, 0.2) is 5.82 Å². The topological polar surface area (TPSA) is 25.8 Å². The van der Waals surface area contributed by atoms with Gasteiger partial charge in [-0.1, -0.05) is 0 Å². The summed E-state index contributed by atoms with van der Waals surface area (Å²) < 4.78 is 12.6. The molecule has 0 fully saturated rings. The molecule has 0 atom stereocenters. The van der Waals surface area contributed by atoms with Crippen LogP contribution in [-0.2, 0) is 0 Å². The maximum atomic E-state index is 12.6. The first-order valence-corrected chi connectivity index (χ1v) is 5.33. The first kappa shape index (κ1) is 9.98. The number of hydrogen-bond acceptors (Lipinski definition) is 3. The van der Waals surface area contributed by atoms with Gasteiger partial charge in [-0.25, -0.2) is 14.4 Å². The molecular weight excluding hydrogens is 211 g/mol. The molecule has 2 aromatic heterocycles. The predicted molar refractivity (Wildman–Crippen MR) is 60.1 cm³/mol. The summed E-state index contributed by atoms with van der Waals surface area (Å²) >= 11 is 1.51. The number of aromatic nitrogens is 2. The van der Waals surface area contributed by atoms with Crippen molar-refractivity contribution in [3.05, 3.63) is 41.3 Å². The highest BCUT2D eigenvalue weighted by Gasteiger charge is 2.03. The van der Waals surface area contributed by atoms with E-state index in [4.69, 9.17) is 0 Å². The van der Waals surface area contributed by atoms with Crippen molar-refractivity contribution in [2.24, 2.45) is 0 Å². The maximum Gasteiger partial charge on any atom is 0.169 e. The lowest BCUT2D eigenvalue weighted by molar-refractivity contribution is 0.648. The van der Waals surface area contributed by atoms with Crippen LogP contribution in [0.1, 0.15) is 12.5 Å². The molecule has 0 spiro atoms. The second-order valence-electron chi connectivity index (χ2n) is 3.05. The molecule has 0 aliphatic heterocycles. The molecule has 0 radical (unpaired) electrons. The average molecular weight is 220 g/mol. The van der Waals surface area contributed by atoms with Gasteiger partial charge in [0.2, 0.25) is 0 Å². The minimum atomic E-state index is -0.201. The SMILES string of the molecule is C/C(F)=C/c1csc(-c2ncccn2)c1. The highest BCUT2D eigenvalue weighted by Crippen LogP contribution is 2.25. The summed E-state index contributed by atoms with van der Waals surface area (Å²) in [7, 11) is 0. The molecule has 4 heteroatoms. The molecule has 2 aromatic rings. The van der Waals surface area contributed by atoms with Crippen LogP contribution in [0.15, 0.2) is 35.7 Å². The number of hydrogen-bond donors (Lipinski definition) is 0. The van der Waals surface area contributed by atoms with Gasteiger partial charge >= 0.3 is 0 Å². The van der Waals surface area contributed by atoms with E-state index >= 15 is 0 Å². The molecule has 76 valence electrons. The van der Waals surface area contributed by atoms with E-state index in [0.717, 1.165) is 10.4 Å². The molecule has 0 aromatic carbocycles. The standard InChI is InChI=1S/C11H9FN2S/c1-8(12)5-9-6-10(15-7-9)11-13-3-2-4-14-11/h2-7H,1H3/b8-5-. The molecular formula is C11H9FN2S. The third-order valence-electron chi connectivity index (χ3n) is 1.77. The monoisotopic (exact) mass is 220 g/mol. The Morgan fingerprint density at radius 2 is 2.13 bits per heavy atom. The van der Waals surface area contributed by atoms with E-state index in [2.05, 4.69) is 9.97 Å². The molecule has 0 saturated heterocycles. The van der Waals surface area contributed by atoms with Crippen LogP contribution in [0.5, 0.6) is 0 Å². The molecule has 2 heterocycles. The van der Waals surface area contributed by atoms with Crippen LogP contribution >= 0.6 is 11.3 Å². The zero-order valence-corrected chi connectivity index (χ0v) is 8.96. The Bertz CT molecular complexity index is 472. The smallest absolute Gasteiger partial charge is 0.169 e. The minimum absolute atomic E-state index is 0.201. The van der Waals surface area contributed by atoms with E-state index < -0.39 is 0 Å². The van der Waals surface area contributed by atoms with Gasteiger partial charge in [-0.05, 0) is 36.1 Å². The van der Waals surface area contributed by atoms with Crippen molar-refractivity contribution in [2.75, 3.05) is 0 Å². The number of nitrogens with zero attached hydrogens (tertiary/aromatic N) is 2. The van der Waals surface area contributed by atoms with Crippen molar-refractivity contribution in [2.45, 2.75) is 6.92 Å². The quantitative estimate of drug-likeness (QED) is 0.773. The van der Waals surface area contributed by atoms with Gasteiger partial charge in [0.1, 0.15) is 0 Å². The van der Waals surface area contributed by atoms with Crippen LogP contribution in [0.25, 0.3) is 16.8 Å². The molecule has 0 unspecified atom stereocenters. The summed E-state index contributed by atoms with van der Waals surface area (Å²) in [5.74, 6) is 0.479. The zero-order valence-electron chi connectivity index (χ0n) is 8.14. The molecule has 0 N–H and O–H groups in total. The minimum Gasteiger partial charge on any atom is -0.236 e. The van der Waals surface area contributed by atoms with Crippen molar-refractivity contribution in [3.63, 3.8) is 0 Å². The summed E-state index contributed by atoms with van der Waals surface area (Å²) in [5, 5.41) is 1.88. The summed E-state index contributed by atoms with van der Waals surface area (Å²) in [6.07, 6.45) is 4.87. The fourth-order valence-corrected chi connectivity index (χ4v) is 2.01. The van der Waals surface area contributed by atoms with Crippen LogP contribution in [0.4, 0.5) is 4.39 Å². The van der Waals surface area contributed by atoms with Gasteiger partial charge in [0, 0.05) is 12.4 Å². The van der Waals surface area contributed by atoms with E-state index in [9.17, 15) is 4.39 Å². The second kappa shape index (κ2) is 4.31. The van der Waals surface area contributed by atoms with Crippen LogP contribution in [0.2, 0.25) is 0 Å². The Kier molecular flexibility index (Phi) is 2.87. The van der Waals surface area contributed by atoms with Gasteiger partial charge < -0.3 is 0 Å². The van der Waals surface area contributed by atoms with Crippen LogP contribution in [0, 0.1) is 0 Å². The van der Waals surface area contributed by atoms with Crippen LogP contribution in [-0.4, -0.2) is 9.97 Å². The van der Waals surface area contributed by atoms with Gasteiger partial charge in [0.05, 0.1) is 10.7 Å². The lowest BCUT2D eigenvalue weighted by Gasteiger charge is -1.91. The van der Waals surface area contributed by atoms with E-state index in [1.165, 1.54) is 24.3 Å². The molecule has 0 aliphatic carbocycles. The molecule has 2 rings (SSSR count). The fourth-order valence-electron chi connectivity index (χ4n) is 1.20. The van der Waals surface area contributed by atoms with Crippen molar-refractivity contribution in [1.29, 1.82) is 0 Å². The summed E-state index contributed by atoms with van der Waals surface area (Å²) in [6, 6.07) is 3.65. The average Bonchev–Trinajstić information content (AvgIpc) is 2.67. The lowest BCUT2D eigenvalue weighted by Crippen LogP contribution is -1.82. The normalized spacial score (nSPS) is 11.7. The van der Waals surface area contributed by atoms with E-state index in [1.807, 2.05) is 11.4 Å². The summed E-state index contributed by atoms with van der Waals surface area (Å²) in [5.41, 5.74) is 0.849. The largest absolute Gasteiger partial charge is 0.236 e. The van der Waals surface area contributed by atoms with Gasteiger partial charge in [-0.15, -0.1) is 11.3 Å². The van der Waals surface area contributed by atoms with Gasteiger partial charge in [-0.2, -0.15) is 0 Å². The Balaban J connectivity index is 2.32. The first-order valence-electron chi connectivity index (χ1n) is 4.45. The summed E-state index contributed by atoms with van der Waals surface area (Å²) in [4.78, 5) is 9.20. The highest BCUT2D eigenvalue weighted by atomic mass is 32.1. The molecule has 2 nitrogen and oxygen atoms in total. The van der Waals surface area contributed by atoms with Crippen molar-refractivity contribution < 1.29 is 4.39 Å². The Labute approximate surface area is 91.1 Å². The third-order valence-corrected chi connectivity index (χ3v) is 2.72. The lowest BCUT2D eigenvalue weighted by atomic mass is 10.3. The Morgan fingerprint density at radius 1 is 1.40 bits per heavy atom. The van der Waals surface area contributed by atoms with E-state index in [-0.39, 0.29) is 5.83 Å².